The smallest absolute Gasteiger partial charge is 0.169 e. The van der Waals surface area contributed by atoms with Crippen molar-refractivity contribution in [3.63, 3.8) is 0 Å². The van der Waals surface area contributed by atoms with Gasteiger partial charge in [-0.3, -0.25) is 0 Å². The number of aryl methyl sites for hydroxylation is 1. The Hall–Kier alpha value is -2.00. The molecule has 0 saturated carbocycles. The largest absolute Gasteiger partial charge is 0.490 e. The summed E-state index contributed by atoms with van der Waals surface area (Å²) in [7, 11) is 0. The lowest BCUT2D eigenvalue weighted by atomic mass is 10.1. The maximum atomic E-state index is 5.96. The third kappa shape index (κ3) is 4.23. The van der Waals surface area contributed by atoms with Crippen LogP contribution in [0.2, 0.25) is 0 Å². The quantitative estimate of drug-likeness (QED) is 0.823. The van der Waals surface area contributed by atoms with E-state index in [0.717, 1.165) is 30.3 Å². The fraction of sp³-hybridized carbons (Fsp3) is 0.333. The lowest BCUT2D eigenvalue weighted by molar-refractivity contribution is 0.321. The Morgan fingerprint density at radius 3 is 2.43 bits per heavy atom. The van der Waals surface area contributed by atoms with Gasteiger partial charge in [-0.2, -0.15) is 0 Å². The number of ether oxygens (including phenoxy) is 2. The predicted molar refractivity (Wildman–Crippen MR) is 86.2 cm³/mol. The van der Waals surface area contributed by atoms with Gasteiger partial charge in [0.05, 0.1) is 6.61 Å². The summed E-state index contributed by atoms with van der Waals surface area (Å²) < 4.78 is 11.5. The van der Waals surface area contributed by atoms with Gasteiger partial charge in [0.25, 0.3) is 0 Å². The van der Waals surface area contributed by atoms with Crippen molar-refractivity contribution in [1.29, 1.82) is 0 Å². The molecule has 0 atom stereocenters. The highest BCUT2D eigenvalue weighted by Gasteiger charge is 2.06. The van der Waals surface area contributed by atoms with Crippen molar-refractivity contribution in [2.24, 2.45) is 0 Å². The molecule has 0 amide bonds. The van der Waals surface area contributed by atoms with E-state index in [1.807, 2.05) is 37.3 Å². The number of hydrogen-bond donors (Lipinski definition) is 1. The van der Waals surface area contributed by atoms with Crippen molar-refractivity contribution in [1.82, 2.24) is 5.32 Å². The van der Waals surface area contributed by atoms with Crippen LogP contribution in [0.4, 0.5) is 0 Å². The van der Waals surface area contributed by atoms with E-state index in [1.165, 1.54) is 11.1 Å². The van der Waals surface area contributed by atoms with Gasteiger partial charge in [-0.1, -0.05) is 25.1 Å². The number of hydrogen-bond acceptors (Lipinski definition) is 3. The van der Waals surface area contributed by atoms with Crippen LogP contribution in [-0.4, -0.2) is 13.2 Å². The number of nitrogens with one attached hydrogen (secondary N) is 1. The van der Waals surface area contributed by atoms with Gasteiger partial charge >= 0.3 is 0 Å². The maximum absolute atomic E-state index is 5.96. The van der Waals surface area contributed by atoms with Crippen molar-refractivity contribution < 1.29 is 9.47 Å². The molecule has 3 heteroatoms. The summed E-state index contributed by atoms with van der Waals surface area (Å²) in [5.41, 5.74) is 2.52. The minimum Gasteiger partial charge on any atom is -0.490 e. The zero-order chi connectivity index (χ0) is 15.1. The van der Waals surface area contributed by atoms with Crippen LogP contribution < -0.4 is 14.8 Å². The van der Waals surface area contributed by atoms with Gasteiger partial charge in [0, 0.05) is 6.54 Å². The van der Waals surface area contributed by atoms with E-state index in [-0.39, 0.29) is 0 Å². The molecule has 21 heavy (non-hydrogen) atoms. The molecule has 0 fully saturated rings. The molecule has 112 valence electrons. The van der Waals surface area contributed by atoms with Crippen LogP contribution in [0.1, 0.15) is 25.0 Å². The molecular formula is C18H23NO2. The normalized spacial score (nSPS) is 10.4. The molecule has 2 aromatic rings. The number of rotatable bonds is 7. The van der Waals surface area contributed by atoms with E-state index in [1.54, 1.807) is 0 Å². The van der Waals surface area contributed by atoms with Gasteiger partial charge in [0.2, 0.25) is 0 Å². The minimum absolute atomic E-state index is 0.626. The van der Waals surface area contributed by atoms with Crippen LogP contribution in [0.5, 0.6) is 17.2 Å². The molecule has 2 aromatic carbocycles. The van der Waals surface area contributed by atoms with Crippen LogP contribution in [-0.2, 0) is 6.54 Å². The first-order valence-electron chi connectivity index (χ1n) is 7.44. The zero-order valence-corrected chi connectivity index (χ0v) is 13.0. The summed E-state index contributed by atoms with van der Waals surface area (Å²) in [5, 5.41) is 3.34. The van der Waals surface area contributed by atoms with Crippen molar-refractivity contribution in [3.8, 4) is 17.2 Å². The van der Waals surface area contributed by atoms with Crippen molar-refractivity contribution >= 4 is 0 Å². The zero-order valence-electron chi connectivity index (χ0n) is 13.0. The third-order valence-corrected chi connectivity index (χ3v) is 3.26. The standard InChI is InChI=1S/C18H23NO2/c1-4-19-13-15-10-11-16(12-14(15)3)21-18-9-7-6-8-17(18)20-5-2/h6-12,19H,4-5,13H2,1-3H3. The summed E-state index contributed by atoms with van der Waals surface area (Å²) in [6, 6.07) is 13.9. The van der Waals surface area contributed by atoms with E-state index in [0.29, 0.717) is 6.61 Å². The van der Waals surface area contributed by atoms with E-state index in [9.17, 15) is 0 Å². The SMILES string of the molecule is CCNCc1ccc(Oc2ccccc2OCC)cc1C. The maximum Gasteiger partial charge on any atom is 0.169 e. The molecule has 2 rings (SSSR count). The first kappa shape index (κ1) is 15.4. The van der Waals surface area contributed by atoms with E-state index >= 15 is 0 Å². The number of para-hydroxylation sites is 2. The average Bonchev–Trinajstić information content (AvgIpc) is 2.49. The molecule has 0 aromatic heterocycles. The molecule has 0 spiro atoms. The second-order valence-corrected chi connectivity index (χ2v) is 4.85. The van der Waals surface area contributed by atoms with Crippen molar-refractivity contribution in [2.75, 3.05) is 13.2 Å². The number of benzene rings is 2. The highest BCUT2D eigenvalue weighted by molar-refractivity contribution is 5.44. The van der Waals surface area contributed by atoms with Crippen LogP contribution in [0.25, 0.3) is 0 Å². The van der Waals surface area contributed by atoms with Gasteiger partial charge < -0.3 is 14.8 Å². The molecule has 0 saturated heterocycles. The minimum atomic E-state index is 0.626. The molecule has 0 aliphatic heterocycles. The van der Waals surface area contributed by atoms with Gasteiger partial charge in [0.1, 0.15) is 5.75 Å². The molecule has 0 unspecified atom stereocenters. The van der Waals surface area contributed by atoms with Crippen LogP contribution >= 0.6 is 0 Å². The topological polar surface area (TPSA) is 30.5 Å². The van der Waals surface area contributed by atoms with Gasteiger partial charge in [-0.05, 0) is 55.8 Å². The Morgan fingerprint density at radius 1 is 1.00 bits per heavy atom. The Bertz CT molecular complexity index is 581. The second kappa shape index (κ2) is 7.70. The molecule has 0 heterocycles. The Kier molecular flexibility index (Phi) is 5.64. The first-order chi connectivity index (χ1) is 10.2. The van der Waals surface area contributed by atoms with Crippen LogP contribution in [0, 0.1) is 6.92 Å². The van der Waals surface area contributed by atoms with Gasteiger partial charge in [-0.15, -0.1) is 0 Å². The monoisotopic (exact) mass is 285 g/mol. The third-order valence-electron chi connectivity index (χ3n) is 3.26. The van der Waals surface area contributed by atoms with Gasteiger partial charge in [-0.25, -0.2) is 0 Å². The second-order valence-electron chi connectivity index (χ2n) is 4.85. The molecule has 0 aliphatic rings. The first-order valence-corrected chi connectivity index (χ1v) is 7.44. The Morgan fingerprint density at radius 2 is 1.76 bits per heavy atom. The van der Waals surface area contributed by atoms with E-state index < -0.39 is 0 Å². The molecule has 0 aliphatic carbocycles. The van der Waals surface area contributed by atoms with Crippen molar-refractivity contribution in [3.05, 3.63) is 53.6 Å². The van der Waals surface area contributed by atoms with E-state index in [2.05, 4.69) is 31.3 Å². The van der Waals surface area contributed by atoms with Gasteiger partial charge in [0.15, 0.2) is 11.5 Å². The summed E-state index contributed by atoms with van der Waals surface area (Å²) >= 11 is 0. The highest BCUT2D eigenvalue weighted by Crippen LogP contribution is 2.31. The lowest BCUT2D eigenvalue weighted by Crippen LogP contribution is -2.12. The molecule has 1 N–H and O–H groups in total. The summed E-state index contributed by atoms with van der Waals surface area (Å²) in [6.07, 6.45) is 0. The summed E-state index contributed by atoms with van der Waals surface area (Å²) in [5.74, 6) is 2.35. The van der Waals surface area contributed by atoms with Crippen LogP contribution in [0.3, 0.4) is 0 Å². The van der Waals surface area contributed by atoms with Crippen LogP contribution in [0.15, 0.2) is 42.5 Å². The summed E-state index contributed by atoms with van der Waals surface area (Å²) in [6.45, 7) is 8.67. The highest BCUT2D eigenvalue weighted by atomic mass is 16.5. The Balaban J connectivity index is 2.15. The van der Waals surface area contributed by atoms with E-state index in [4.69, 9.17) is 9.47 Å². The predicted octanol–water partition coefficient (Wildman–Crippen LogP) is 4.30. The molecule has 0 radical (unpaired) electrons. The fourth-order valence-electron chi connectivity index (χ4n) is 2.13. The Labute approximate surface area is 126 Å². The molecular weight excluding hydrogens is 262 g/mol. The summed E-state index contributed by atoms with van der Waals surface area (Å²) in [4.78, 5) is 0. The lowest BCUT2D eigenvalue weighted by Gasteiger charge is -2.13. The van der Waals surface area contributed by atoms with Crippen molar-refractivity contribution in [2.45, 2.75) is 27.3 Å². The molecule has 3 nitrogen and oxygen atoms in total. The fourth-order valence-corrected chi connectivity index (χ4v) is 2.13. The average molecular weight is 285 g/mol. The molecule has 0 bridgehead atoms.